The first-order valence-electron chi connectivity index (χ1n) is 11.2. The highest BCUT2D eigenvalue weighted by Crippen LogP contribution is 2.36. The highest BCUT2D eigenvalue weighted by atomic mass is 32.2. The van der Waals surface area contributed by atoms with Gasteiger partial charge in [0, 0.05) is 18.0 Å². The van der Waals surface area contributed by atoms with Crippen LogP contribution in [0.15, 0.2) is 46.9 Å². The van der Waals surface area contributed by atoms with Gasteiger partial charge in [-0.3, -0.25) is 14.2 Å². The summed E-state index contributed by atoms with van der Waals surface area (Å²) < 4.78 is 6.82. The topological polar surface area (TPSA) is 73.2 Å². The van der Waals surface area contributed by atoms with Crippen molar-refractivity contribution in [1.29, 1.82) is 0 Å². The Balaban J connectivity index is 1.43. The molecule has 0 saturated carbocycles. The van der Waals surface area contributed by atoms with Gasteiger partial charge in [0.1, 0.15) is 10.6 Å². The zero-order valence-electron chi connectivity index (χ0n) is 19.1. The number of benzene rings is 1. The molecule has 33 heavy (non-hydrogen) atoms. The molecule has 0 saturated heterocycles. The fourth-order valence-corrected chi connectivity index (χ4v) is 6.39. The molecule has 2 aromatic heterocycles. The van der Waals surface area contributed by atoms with E-state index < -0.39 is 0 Å². The normalized spacial score (nSPS) is 15.3. The van der Waals surface area contributed by atoms with Crippen molar-refractivity contribution < 1.29 is 9.53 Å². The van der Waals surface area contributed by atoms with Crippen LogP contribution in [0.1, 0.15) is 29.3 Å². The Bertz CT molecular complexity index is 1210. The van der Waals surface area contributed by atoms with E-state index in [1.807, 2.05) is 24.3 Å². The van der Waals surface area contributed by atoms with E-state index in [2.05, 4.69) is 18.8 Å². The van der Waals surface area contributed by atoms with E-state index in [1.165, 1.54) is 22.2 Å². The van der Waals surface area contributed by atoms with Gasteiger partial charge in [-0.25, -0.2) is 4.98 Å². The van der Waals surface area contributed by atoms with E-state index in [9.17, 15) is 9.59 Å². The van der Waals surface area contributed by atoms with E-state index in [4.69, 9.17) is 9.72 Å². The zero-order valence-corrected chi connectivity index (χ0v) is 20.7. The maximum atomic E-state index is 13.3. The maximum absolute atomic E-state index is 13.3. The van der Waals surface area contributed by atoms with Gasteiger partial charge in [-0.2, -0.15) is 0 Å². The van der Waals surface area contributed by atoms with Crippen molar-refractivity contribution in [2.24, 2.45) is 5.92 Å². The van der Waals surface area contributed by atoms with Crippen molar-refractivity contribution in [2.75, 3.05) is 19.4 Å². The van der Waals surface area contributed by atoms with Gasteiger partial charge in [0.25, 0.3) is 5.56 Å². The summed E-state index contributed by atoms with van der Waals surface area (Å²) in [5.41, 5.74) is 2.29. The molecule has 1 aromatic carbocycles. The second-order valence-corrected chi connectivity index (χ2v) is 10.4. The average molecular weight is 484 g/mol. The van der Waals surface area contributed by atoms with Crippen molar-refractivity contribution in [1.82, 2.24) is 14.9 Å². The molecule has 174 valence electrons. The van der Waals surface area contributed by atoms with Gasteiger partial charge < -0.3 is 10.1 Å². The number of fused-ring (bicyclic) bond motifs is 3. The Labute approximate surface area is 202 Å². The fourth-order valence-electron chi connectivity index (χ4n) is 4.12. The summed E-state index contributed by atoms with van der Waals surface area (Å²) in [5.74, 6) is 1.58. The number of carbonyl (C=O) groups excluding carboxylic acids is 1. The van der Waals surface area contributed by atoms with Gasteiger partial charge >= 0.3 is 0 Å². The number of nitrogens with zero attached hydrogens (tertiary/aromatic N) is 2. The Morgan fingerprint density at radius 2 is 2.18 bits per heavy atom. The predicted molar refractivity (Wildman–Crippen MR) is 136 cm³/mol. The van der Waals surface area contributed by atoms with Crippen LogP contribution < -0.4 is 15.6 Å². The number of ether oxygens (including phenoxy) is 1. The van der Waals surface area contributed by atoms with Crippen molar-refractivity contribution in [3.63, 3.8) is 0 Å². The van der Waals surface area contributed by atoms with Crippen LogP contribution in [-0.2, 0) is 30.6 Å². The maximum Gasteiger partial charge on any atom is 0.263 e. The number of aryl methyl sites for hydroxylation is 1. The number of carbonyl (C=O) groups is 1. The lowest BCUT2D eigenvalue weighted by Crippen LogP contribution is -2.28. The zero-order chi connectivity index (χ0) is 23.4. The van der Waals surface area contributed by atoms with Crippen LogP contribution in [0.5, 0.6) is 5.75 Å². The third-order valence-corrected chi connectivity index (χ3v) is 8.04. The molecule has 1 unspecified atom stereocenters. The molecule has 1 N–H and O–H groups in total. The lowest BCUT2D eigenvalue weighted by atomic mass is 9.89. The molecule has 1 atom stereocenters. The summed E-state index contributed by atoms with van der Waals surface area (Å²) in [6, 6.07) is 7.82. The van der Waals surface area contributed by atoms with E-state index in [-0.39, 0.29) is 17.2 Å². The number of thiophene rings is 1. The Hall–Kier alpha value is -2.58. The molecule has 0 radical (unpaired) electrons. The summed E-state index contributed by atoms with van der Waals surface area (Å²) >= 11 is 2.94. The molecule has 0 aliphatic heterocycles. The lowest BCUT2D eigenvalue weighted by Gasteiger charge is -2.17. The monoisotopic (exact) mass is 483 g/mol. The molecule has 8 heteroatoms. The number of hydrogen-bond donors (Lipinski definition) is 1. The molecular weight excluding hydrogens is 454 g/mol. The fraction of sp³-hybridized carbons (Fsp3) is 0.400. The van der Waals surface area contributed by atoms with Gasteiger partial charge in [-0.05, 0) is 54.9 Å². The molecule has 0 bridgehead atoms. The summed E-state index contributed by atoms with van der Waals surface area (Å²) in [6.45, 7) is 6.98. The minimum atomic E-state index is -0.0766. The summed E-state index contributed by atoms with van der Waals surface area (Å²) in [7, 11) is 1.64. The number of aromatic nitrogens is 2. The van der Waals surface area contributed by atoms with E-state index in [0.29, 0.717) is 24.2 Å². The van der Waals surface area contributed by atoms with Crippen LogP contribution in [0.3, 0.4) is 0 Å². The van der Waals surface area contributed by atoms with Gasteiger partial charge in [0.05, 0.1) is 18.2 Å². The van der Waals surface area contributed by atoms with Crippen LogP contribution in [0.25, 0.3) is 10.2 Å². The molecular formula is C25H29N3O3S2. The number of rotatable bonds is 9. The Morgan fingerprint density at radius 1 is 1.39 bits per heavy atom. The number of methoxy groups -OCH3 is 1. The molecule has 1 aliphatic carbocycles. The van der Waals surface area contributed by atoms with Crippen LogP contribution in [-0.4, -0.2) is 34.9 Å². The minimum absolute atomic E-state index is 0.0191. The summed E-state index contributed by atoms with van der Waals surface area (Å²) in [4.78, 5) is 32.7. The van der Waals surface area contributed by atoms with Gasteiger partial charge in [0.15, 0.2) is 5.16 Å². The van der Waals surface area contributed by atoms with Crippen molar-refractivity contribution in [3.8, 4) is 5.75 Å². The quantitative estimate of drug-likeness (QED) is 0.280. The minimum Gasteiger partial charge on any atom is -0.497 e. The van der Waals surface area contributed by atoms with Crippen molar-refractivity contribution in [3.05, 3.63) is 63.3 Å². The lowest BCUT2D eigenvalue weighted by molar-refractivity contribution is -0.118. The summed E-state index contributed by atoms with van der Waals surface area (Å²) in [5, 5.41) is 4.29. The second kappa shape index (κ2) is 10.6. The number of nitrogens with one attached hydrogen (secondary N) is 1. The predicted octanol–water partition coefficient (Wildman–Crippen LogP) is 4.23. The Morgan fingerprint density at radius 3 is 2.91 bits per heavy atom. The highest BCUT2D eigenvalue weighted by Gasteiger charge is 2.24. The van der Waals surface area contributed by atoms with Crippen molar-refractivity contribution in [2.45, 2.75) is 44.3 Å². The number of hydrogen-bond acceptors (Lipinski definition) is 6. The van der Waals surface area contributed by atoms with E-state index in [1.54, 1.807) is 29.1 Å². The average Bonchev–Trinajstić information content (AvgIpc) is 3.17. The molecule has 6 nitrogen and oxygen atoms in total. The smallest absolute Gasteiger partial charge is 0.263 e. The summed E-state index contributed by atoms with van der Waals surface area (Å²) in [6.07, 6.45) is 5.49. The molecule has 4 rings (SSSR count). The van der Waals surface area contributed by atoms with Crippen LogP contribution in [0, 0.1) is 5.92 Å². The third-order valence-electron chi connectivity index (χ3n) is 5.92. The van der Waals surface area contributed by atoms with Gasteiger partial charge in [-0.15, -0.1) is 17.9 Å². The molecule has 1 amide bonds. The SMILES string of the molecule is C=CCn1c(SCC(=O)NCCc2ccc(OC)cc2)nc2sc3c(c2c1=O)CCC(C)C3. The highest BCUT2D eigenvalue weighted by molar-refractivity contribution is 7.99. The first kappa shape index (κ1) is 23.6. The first-order valence-corrected chi connectivity index (χ1v) is 13.0. The molecule has 1 aliphatic rings. The molecule has 0 spiro atoms. The van der Waals surface area contributed by atoms with Crippen LogP contribution in [0.4, 0.5) is 0 Å². The largest absolute Gasteiger partial charge is 0.497 e. The first-order chi connectivity index (χ1) is 16.0. The molecule has 3 aromatic rings. The van der Waals surface area contributed by atoms with Crippen molar-refractivity contribution >= 4 is 39.2 Å². The Kier molecular flexibility index (Phi) is 7.55. The second-order valence-electron chi connectivity index (χ2n) is 8.37. The van der Waals surface area contributed by atoms with Crippen LogP contribution >= 0.6 is 23.1 Å². The number of allylic oxidation sites excluding steroid dienone is 1. The molecule has 0 fully saturated rings. The number of amides is 1. The van der Waals surface area contributed by atoms with E-state index in [0.717, 1.165) is 47.2 Å². The van der Waals surface area contributed by atoms with E-state index >= 15 is 0 Å². The van der Waals surface area contributed by atoms with Gasteiger partial charge in [-0.1, -0.05) is 36.9 Å². The van der Waals surface area contributed by atoms with Gasteiger partial charge in [0.2, 0.25) is 5.91 Å². The molecule has 2 heterocycles. The number of thioether (sulfide) groups is 1. The van der Waals surface area contributed by atoms with Crippen LogP contribution in [0.2, 0.25) is 0 Å². The standard InChI is InChI=1S/C25H29N3O3S2/c1-4-13-28-24(30)22-19-10-5-16(2)14-20(19)33-23(22)27-25(28)32-15-21(29)26-12-11-17-6-8-18(31-3)9-7-17/h4,6-9,16H,1,5,10-15H2,2-3H3,(H,26,29). The third kappa shape index (κ3) is 5.33.